The lowest BCUT2D eigenvalue weighted by molar-refractivity contribution is 0.621. The summed E-state index contributed by atoms with van der Waals surface area (Å²) >= 11 is 0. The van der Waals surface area contributed by atoms with E-state index >= 15 is 0 Å². The van der Waals surface area contributed by atoms with Gasteiger partial charge in [0.15, 0.2) is 5.82 Å². The minimum atomic E-state index is 0.539. The minimum Gasteiger partial charge on any atom is -0.381 e. The Balaban J connectivity index is 2.31. The molecular weight excluding hydrogens is 212 g/mol. The first kappa shape index (κ1) is 11.6. The third-order valence-electron chi connectivity index (χ3n) is 2.82. The van der Waals surface area contributed by atoms with Crippen molar-refractivity contribution in [3.63, 3.8) is 0 Å². The first-order chi connectivity index (χ1) is 8.10. The molecule has 4 heteroatoms. The molecule has 1 aromatic heterocycles. The van der Waals surface area contributed by atoms with Crippen molar-refractivity contribution >= 4 is 5.82 Å². The lowest BCUT2D eigenvalue weighted by Crippen LogP contribution is -2.07. The summed E-state index contributed by atoms with van der Waals surface area (Å²) in [4.78, 5) is 0. The molecule has 2 aromatic rings. The van der Waals surface area contributed by atoms with Gasteiger partial charge in [-0.2, -0.15) is 0 Å². The van der Waals surface area contributed by atoms with Crippen LogP contribution in [0.4, 0.5) is 5.82 Å². The third kappa shape index (κ3) is 2.46. The summed E-state index contributed by atoms with van der Waals surface area (Å²) < 4.78 is 1.88. The zero-order valence-electron chi connectivity index (χ0n) is 10.6. The highest BCUT2D eigenvalue weighted by molar-refractivity contribution is 5.34. The number of rotatable bonds is 3. The van der Waals surface area contributed by atoms with Crippen LogP contribution in [0.2, 0.25) is 0 Å². The molecule has 1 aromatic carbocycles. The third-order valence-corrected chi connectivity index (χ3v) is 2.82. The van der Waals surface area contributed by atoms with E-state index < -0.39 is 0 Å². The molecule has 0 amide bonds. The van der Waals surface area contributed by atoms with Crippen LogP contribution in [-0.4, -0.2) is 15.0 Å². The maximum absolute atomic E-state index is 5.77. The van der Waals surface area contributed by atoms with Crippen molar-refractivity contribution in [1.29, 1.82) is 0 Å². The van der Waals surface area contributed by atoms with Crippen LogP contribution in [0.5, 0.6) is 0 Å². The quantitative estimate of drug-likeness (QED) is 0.878. The average Bonchev–Trinajstić information content (AvgIpc) is 2.57. The number of hydrogen-bond acceptors (Lipinski definition) is 3. The van der Waals surface area contributed by atoms with Gasteiger partial charge in [0.1, 0.15) is 0 Å². The number of aryl methyl sites for hydroxylation is 2. The molecule has 0 spiro atoms. The Morgan fingerprint density at radius 1 is 1.18 bits per heavy atom. The van der Waals surface area contributed by atoms with E-state index in [4.69, 9.17) is 5.73 Å². The molecule has 0 aliphatic heterocycles. The Hall–Kier alpha value is -1.84. The average molecular weight is 230 g/mol. The molecular formula is C13H18N4. The Kier molecular flexibility index (Phi) is 3.13. The molecule has 17 heavy (non-hydrogen) atoms. The normalized spacial score (nSPS) is 10.8. The van der Waals surface area contributed by atoms with E-state index in [0.29, 0.717) is 5.82 Å². The Morgan fingerprint density at radius 2 is 1.82 bits per heavy atom. The number of anilines is 1. The number of nitrogens with zero attached hydrogens (tertiary/aromatic N) is 3. The Labute approximate surface area is 101 Å². The second-order valence-electron chi connectivity index (χ2n) is 4.43. The summed E-state index contributed by atoms with van der Waals surface area (Å²) in [5.41, 5.74) is 10.6. The second kappa shape index (κ2) is 4.57. The van der Waals surface area contributed by atoms with E-state index in [0.717, 1.165) is 18.7 Å². The standard InChI is InChI=1S/C13H18N4/c1-4-12-13(14)15-16-17(12)8-11-6-9(2)5-10(3)7-11/h5-7H,4,8,14H2,1-3H3. The van der Waals surface area contributed by atoms with Gasteiger partial charge >= 0.3 is 0 Å². The van der Waals surface area contributed by atoms with Crippen molar-refractivity contribution in [3.8, 4) is 0 Å². The summed E-state index contributed by atoms with van der Waals surface area (Å²) in [5, 5.41) is 8.00. The first-order valence-electron chi connectivity index (χ1n) is 5.85. The van der Waals surface area contributed by atoms with E-state index in [9.17, 15) is 0 Å². The number of aromatic nitrogens is 3. The van der Waals surface area contributed by atoms with Gasteiger partial charge in [-0.15, -0.1) is 5.10 Å². The molecule has 0 aliphatic carbocycles. The van der Waals surface area contributed by atoms with E-state index in [1.165, 1.54) is 16.7 Å². The van der Waals surface area contributed by atoms with Crippen LogP contribution in [-0.2, 0) is 13.0 Å². The molecule has 1 heterocycles. The topological polar surface area (TPSA) is 56.7 Å². The van der Waals surface area contributed by atoms with Crippen molar-refractivity contribution in [2.75, 3.05) is 5.73 Å². The van der Waals surface area contributed by atoms with Crippen LogP contribution < -0.4 is 5.73 Å². The molecule has 0 unspecified atom stereocenters. The molecule has 0 saturated heterocycles. The Morgan fingerprint density at radius 3 is 2.41 bits per heavy atom. The second-order valence-corrected chi connectivity index (χ2v) is 4.43. The van der Waals surface area contributed by atoms with Gasteiger partial charge in [0.05, 0.1) is 12.2 Å². The van der Waals surface area contributed by atoms with Gasteiger partial charge in [-0.3, -0.25) is 0 Å². The number of hydrogen-bond donors (Lipinski definition) is 1. The molecule has 2 rings (SSSR count). The van der Waals surface area contributed by atoms with Crippen LogP contribution in [0.25, 0.3) is 0 Å². The molecule has 2 N–H and O–H groups in total. The van der Waals surface area contributed by atoms with Gasteiger partial charge in [0.2, 0.25) is 0 Å². The van der Waals surface area contributed by atoms with Crippen LogP contribution >= 0.6 is 0 Å². The zero-order valence-corrected chi connectivity index (χ0v) is 10.6. The van der Waals surface area contributed by atoms with E-state index in [1.807, 2.05) is 4.68 Å². The van der Waals surface area contributed by atoms with E-state index in [2.05, 4.69) is 49.3 Å². The van der Waals surface area contributed by atoms with Crippen molar-refractivity contribution in [3.05, 3.63) is 40.6 Å². The fourth-order valence-electron chi connectivity index (χ4n) is 2.17. The van der Waals surface area contributed by atoms with Gasteiger partial charge in [-0.25, -0.2) is 4.68 Å². The highest BCUT2D eigenvalue weighted by atomic mass is 15.4. The summed E-state index contributed by atoms with van der Waals surface area (Å²) in [5.74, 6) is 0.539. The molecule has 4 nitrogen and oxygen atoms in total. The first-order valence-corrected chi connectivity index (χ1v) is 5.85. The van der Waals surface area contributed by atoms with Crippen molar-refractivity contribution in [1.82, 2.24) is 15.0 Å². The van der Waals surface area contributed by atoms with Gasteiger partial charge in [-0.1, -0.05) is 41.5 Å². The van der Waals surface area contributed by atoms with E-state index in [-0.39, 0.29) is 0 Å². The van der Waals surface area contributed by atoms with Crippen molar-refractivity contribution in [2.45, 2.75) is 33.7 Å². The molecule has 0 saturated carbocycles. The molecule has 0 radical (unpaired) electrons. The van der Waals surface area contributed by atoms with Crippen LogP contribution in [0.1, 0.15) is 29.3 Å². The highest BCUT2D eigenvalue weighted by Crippen LogP contribution is 2.13. The van der Waals surface area contributed by atoms with Gasteiger partial charge < -0.3 is 5.73 Å². The SMILES string of the molecule is CCc1c(N)nnn1Cc1cc(C)cc(C)c1. The van der Waals surface area contributed by atoms with Gasteiger partial charge in [-0.05, 0) is 25.8 Å². The largest absolute Gasteiger partial charge is 0.381 e. The van der Waals surface area contributed by atoms with Gasteiger partial charge in [0, 0.05) is 0 Å². The zero-order chi connectivity index (χ0) is 12.4. The summed E-state index contributed by atoms with van der Waals surface area (Å²) in [6.07, 6.45) is 0.851. The van der Waals surface area contributed by atoms with Crippen LogP contribution in [0, 0.1) is 13.8 Å². The van der Waals surface area contributed by atoms with Crippen LogP contribution in [0.3, 0.4) is 0 Å². The molecule has 90 valence electrons. The summed E-state index contributed by atoms with van der Waals surface area (Å²) in [6, 6.07) is 6.51. The number of nitrogens with two attached hydrogens (primary N) is 1. The molecule has 0 aliphatic rings. The Bertz CT molecular complexity index is 508. The maximum atomic E-state index is 5.77. The fraction of sp³-hybridized carbons (Fsp3) is 0.385. The summed E-state index contributed by atoms with van der Waals surface area (Å²) in [7, 11) is 0. The minimum absolute atomic E-state index is 0.539. The van der Waals surface area contributed by atoms with Gasteiger partial charge in [0.25, 0.3) is 0 Å². The predicted octanol–water partition coefficient (Wildman–Crippen LogP) is 2.09. The summed E-state index contributed by atoms with van der Waals surface area (Å²) in [6.45, 7) is 7.00. The smallest absolute Gasteiger partial charge is 0.169 e. The molecule has 0 atom stereocenters. The maximum Gasteiger partial charge on any atom is 0.169 e. The monoisotopic (exact) mass is 230 g/mol. The fourth-order valence-corrected chi connectivity index (χ4v) is 2.17. The lowest BCUT2D eigenvalue weighted by Gasteiger charge is -2.07. The molecule has 0 fully saturated rings. The van der Waals surface area contributed by atoms with Crippen molar-refractivity contribution < 1.29 is 0 Å². The van der Waals surface area contributed by atoms with Crippen LogP contribution in [0.15, 0.2) is 18.2 Å². The van der Waals surface area contributed by atoms with Crippen molar-refractivity contribution in [2.24, 2.45) is 0 Å². The number of nitrogen functional groups attached to an aromatic ring is 1. The molecule has 0 bridgehead atoms. The predicted molar refractivity (Wildman–Crippen MR) is 68.8 cm³/mol. The number of benzene rings is 1. The highest BCUT2D eigenvalue weighted by Gasteiger charge is 2.08. The van der Waals surface area contributed by atoms with E-state index in [1.54, 1.807) is 0 Å². The lowest BCUT2D eigenvalue weighted by atomic mass is 10.1.